The number of esters is 1. The fraction of sp³-hybridized carbons (Fsp3) is 0.133. The third-order valence-corrected chi connectivity index (χ3v) is 2.65. The first-order chi connectivity index (χ1) is 10.1. The lowest BCUT2D eigenvalue weighted by Crippen LogP contribution is -2.28. The Morgan fingerprint density at radius 1 is 1.10 bits per heavy atom. The first-order valence-electron chi connectivity index (χ1n) is 6.23. The van der Waals surface area contributed by atoms with Crippen LogP contribution in [0.5, 0.6) is 0 Å². The SMILES string of the molecule is O=C(COC(=O)c1ccncc1)NCc1ccc(F)cc1. The lowest BCUT2D eigenvalue weighted by atomic mass is 10.2. The second-order valence-corrected chi connectivity index (χ2v) is 4.22. The quantitative estimate of drug-likeness (QED) is 0.850. The normalized spacial score (nSPS) is 9.95. The molecule has 0 radical (unpaired) electrons. The van der Waals surface area contributed by atoms with Crippen LogP contribution in [0.3, 0.4) is 0 Å². The van der Waals surface area contributed by atoms with Crippen LogP contribution in [0.2, 0.25) is 0 Å². The Balaban J connectivity index is 1.75. The van der Waals surface area contributed by atoms with E-state index in [-0.39, 0.29) is 19.0 Å². The zero-order chi connectivity index (χ0) is 15.1. The summed E-state index contributed by atoms with van der Waals surface area (Å²) < 4.78 is 17.6. The van der Waals surface area contributed by atoms with Gasteiger partial charge in [0.2, 0.25) is 0 Å². The van der Waals surface area contributed by atoms with E-state index in [4.69, 9.17) is 4.74 Å². The van der Waals surface area contributed by atoms with E-state index >= 15 is 0 Å². The topological polar surface area (TPSA) is 68.3 Å². The summed E-state index contributed by atoms with van der Waals surface area (Å²) in [4.78, 5) is 26.9. The molecule has 5 nitrogen and oxygen atoms in total. The standard InChI is InChI=1S/C15H13FN2O3/c16-13-3-1-11(2-4-13)9-18-14(19)10-21-15(20)12-5-7-17-8-6-12/h1-8H,9-10H2,(H,18,19). The van der Waals surface area contributed by atoms with Crippen molar-refractivity contribution in [3.05, 3.63) is 65.7 Å². The van der Waals surface area contributed by atoms with E-state index < -0.39 is 11.9 Å². The molecule has 0 aliphatic heterocycles. The lowest BCUT2D eigenvalue weighted by molar-refractivity contribution is -0.124. The molecule has 21 heavy (non-hydrogen) atoms. The number of benzene rings is 1. The number of hydrogen-bond donors (Lipinski definition) is 1. The summed E-state index contributed by atoms with van der Waals surface area (Å²) in [7, 11) is 0. The zero-order valence-corrected chi connectivity index (χ0v) is 11.1. The van der Waals surface area contributed by atoms with Crippen molar-refractivity contribution in [3.63, 3.8) is 0 Å². The van der Waals surface area contributed by atoms with Gasteiger partial charge in [-0.3, -0.25) is 9.78 Å². The fourth-order valence-corrected chi connectivity index (χ4v) is 1.56. The number of carbonyl (C=O) groups is 2. The van der Waals surface area contributed by atoms with Crippen LogP contribution in [0.25, 0.3) is 0 Å². The Hall–Kier alpha value is -2.76. The molecule has 2 rings (SSSR count). The average molecular weight is 288 g/mol. The van der Waals surface area contributed by atoms with Crippen molar-refractivity contribution in [2.45, 2.75) is 6.54 Å². The number of pyridine rings is 1. The van der Waals surface area contributed by atoms with Crippen LogP contribution in [0.15, 0.2) is 48.8 Å². The van der Waals surface area contributed by atoms with Gasteiger partial charge in [0.1, 0.15) is 5.82 Å². The van der Waals surface area contributed by atoms with E-state index in [1.54, 1.807) is 12.1 Å². The predicted octanol–water partition coefficient (Wildman–Crippen LogP) is 1.69. The van der Waals surface area contributed by atoms with Crippen molar-refractivity contribution in [3.8, 4) is 0 Å². The van der Waals surface area contributed by atoms with Crippen LogP contribution in [-0.2, 0) is 16.1 Å². The molecule has 0 saturated carbocycles. The Labute approximate surface area is 120 Å². The zero-order valence-electron chi connectivity index (χ0n) is 11.1. The highest BCUT2D eigenvalue weighted by Gasteiger charge is 2.09. The van der Waals surface area contributed by atoms with Gasteiger partial charge in [0.05, 0.1) is 5.56 Å². The second kappa shape index (κ2) is 7.14. The molecule has 108 valence electrons. The molecule has 0 spiro atoms. The summed E-state index contributed by atoms with van der Waals surface area (Å²) in [5.74, 6) is -1.35. The molecule has 1 heterocycles. The van der Waals surface area contributed by atoms with Crippen LogP contribution in [0.1, 0.15) is 15.9 Å². The molecule has 1 aromatic carbocycles. The van der Waals surface area contributed by atoms with Crippen LogP contribution < -0.4 is 5.32 Å². The number of nitrogens with zero attached hydrogens (tertiary/aromatic N) is 1. The highest BCUT2D eigenvalue weighted by molar-refractivity contribution is 5.91. The predicted molar refractivity (Wildman–Crippen MR) is 72.8 cm³/mol. The number of rotatable bonds is 5. The molecule has 0 bridgehead atoms. The number of nitrogens with one attached hydrogen (secondary N) is 1. The number of carbonyl (C=O) groups excluding carboxylic acids is 2. The summed E-state index contributed by atoms with van der Waals surface area (Å²) in [6.45, 7) is -0.131. The van der Waals surface area contributed by atoms with Gasteiger partial charge < -0.3 is 10.1 Å². The molecule has 0 aliphatic carbocycles. The van der Waals surface area contributed by atoms with Gasteiger partial charge in [-0.25, -0.2) is 9.18 Å². The van der Waals surface area contributed by atoms with Crippen LogP contribution in [0, 0.1) is 5.82 Å². The first kappa shape index (κ1) is 14.6. The van der Waals surface area contributed by atoms with Crippen LogP contribution >= 0.6 is 0 Å². The van der Waals surface area contributed by atoms with Gasteiger partial charge in [-0.1, -0.05) is 12.1 Å². The average Bonchev–Trinajstić information content (AvgIpc) is 2.53. The summed E-state index contributed by atoms with van der Waals surface area (Å²) in [6, 6.07) is 8.75. The summed E-state index contributed by atoms with van der Waals surface area (Å²) in [5, 5.41) is 2.57. The molecule has 1 amide bonds. The lowest BCUT2D eigenvalue weighted by Gasteiger charge is -2.06. The highest BCUT2D eigenvalue weighted by atomic mass is 19.1. The van der Waals surface area contributed by atoms with Crippen molar-refractivity contribution in [2.24, 2.45) is 0 Å². The summed E-state index contributed by atoms with van der Waals surface area (Å²) in [5.41, 5.74) is 1.08. The minimum atomic E-state index is -0.589. The Kier molecular flexibility index (Phi) is 4.98. The third-order valence-electron chi connectivity index (χ3n) is 2.65. The van der Waals surface area contributed by atoms with Gasteiger partial charge in [0, 0.05) is 18.9 Å². The van der Waals surface area contributed by atoms with E-state index in [0.717, 1.165) is 5.56 Å². The Morgan fingerprint density at radius 2 is 1.76 bits per heavy atom. The molecule has 0 atom stereocenters. The van der Waals surface area contributed by atoms with Crippen molar-refractivity contribution in [2.75, 3.05) is 6.61 Å². The molecule has 1 aromatic heterocycles. The number of hydrogen-bond acceptors (Lipinski definition) is 4. The maximum atomic E-state index is 12.7. The first-order valence-corrected chi connectivity index (χ1v) is 6.23. The van der Waals surface area contributed by atoms with Gasteiger partial charge in [-0.05, 0) is 29.8 Å². The summed E-state index contributed by atoms with van der Waals surface area (Å²) in [6.07, 6.45) is 2.93. The number of aromatic nitrogens is 1. The van der Waals surface area contributed by atoms with Crippen molar-refractivity contribution >= 4 is 11.9 Å². The molecule has 6 heteroatoms. The van der Waals surface area contributed by atoms with Crippen LogP contribution in [0.4, 0.5) is 4.39 Å². The minimum Gasteiger partial charge on any atom is -0.452 e. The largest absolute Gasteiger partial charge is 0.452 e. The van der Waals surface area contributed by atoms with E-state index in [2.05, 4.69) is 10.3 Å². The molecule has 1 N–H and O–H groups in total. The molecule has 2 aromatic rings. The van der Waals surface area contributed by atoms with E-state index in [1.165, 1.54) is 36.7 Å². The van der Waals surface area contributed by atoms with Crippen molar-refractivity contribution < 1.29 is 18.7 Å². The van der Waals surface area contributed by atoms with Gasteiger partial charge in [-0.15, -0.1) is 0 Å². The van der Waals surface area contributed by atoms with E-state index in [1.807, 2.05) is 0 Å². The molecule has 0 saturated heterocycles. The maximum absolute atomic E-state index is 12.7. The van der Waals surface area contributed by atoms with Gasteiger partial charge in [0.15, 0.2) is 6.61 Å². The highest BCUT2D eigenvalue weighted by Crippen LogP contribution is 2.02. The number of amides is 1. The van der Waals surface area contributed by atoms with Crippen molar-refractivity contribution in [1.82, 2.24) is 10.3 Å². The Bertz CT molecular complexity index is 615. The van der Waals surface area contributed by atoms with Crippen LogP contribution in [-0.4, -0.2) is 23.5 Å². The van der Waals surface area contributed by atoms with Crippen molar-refractivity contribution in [1.29, 1.82) is 0 Å². The monoisotopic (exact) mass is 288 g/mol. The summed E-state index contributed by atoms with van der Waals surface area (Å²) >= 11 is 0. The van der Waals surface area contributed by atoms with Gasteiger partial charge in [-0.2, -0.15) is 0 Å². The number of halogens is 1. The van der Waals surface area contributed by atoms with E-state index in [9.17, 15) is 14.0 Å². The smallest absolute Gasteiger partial charge is 0.338 e. The molecular formula is C15H13FN2O3. The molecule has 0 aliphatic rings. The van der Waals surface area contributed by atoms with Gasteiger partial charge in [0.25, 0.3) is 5.91 Å². The number of ether oxygens (including phenoxy) is 1. The molecule has 0 fully saturated rings. The van der Waals surface area contributed by atoms with E-state index in [0.29, 0.717) is 5.56 Å². The fourth-order valence-electron chi connectivity index (χ4n) is 1.56. The maximum Gasteiger partial charge on any atom is 0.338 e. The third kappa shape index (κ3) is 4.68. The van der Waals surface area contributed by atoms with Gasteiger partial charge >= 0.3 is 5.97 Å². The minimum absolute atomic E-state index is 0.242. The second-order valence-electron chi connectivity index (χ2n) is 4.22. The Morgan fingerprint density at radius 3 is 2.43 bits per heavy atom. The molecule has 0 unspecified atom stereocenters. The molecular weight excluding hydrogens is 275 g/mol.